The highest BCUT2D eigenvalue weighted by molar-refractivity contribution is 7.11. The number of rotatable bonds is 8. The lowest BCUT2D eigenvalue weighted by molar-refractivity contribution is 0.665. The zero-order chi connectivity index (χ0) is 24.9. The second-order valence-corrected chi connectivity index (χ2v) is 10.1. The summed E-state index contributed by atoms with van der Waals surface area (Å²) < 4.78 is 1.77. The van der Waals surface area contributed by atoms with Crippen molar-refractivity contribution in [1.82, 2.24) is 14.5 Å². The van der Waals surface area contributed by atoms with Crippen molar-refractivity contribution in [2.24, 2.45) is 0 Å². The molecule has 0 aliphatic carbocycles. The Bertz CT molecular complexity index is 1440. The van der Waals surface area contributed by atoms with Crippen LogP contribution in [0.15, 0.2) is 53.3 Å². The van der Waals surface area contributed by atoms with E-state index in [9.17, 15) is 10.1 Å². The van der Waals surface area contributed by atoms with Gasteiger partial charge >= 0.3 is 0 Å². The van der Waals surface area contributed by atoms with Gasteiger partial charge in [-0.05, 0) is 56.4 Å². The summed E-state index contributed by atoms with van der Waals surface area (Å²) in [5.41, 5.74) is 6.02. The molecular weight excluding hydrogens is 452 g/mol. The molecule has 0 N–H and O–H groups in total. The monoisotopic (exact) mass is 482 g/mol. The van der Waals surface area contributed by atoms with Gasteiger partial charge in [-0.2, -0.15) is 5.26 Å². The van der Waals surface area contributed by atoms with Crippen LogP contribution in [0, 0.1) is 32.1 Å². The van der Waals surface area contributed by atoms with Gasteiger partial charge in [0.15, 0.2) is 0 Å². The van der Waals surface area contributed by atoms with Gasteiger partial charge in [-0.3, -0.25) is 9.36 Å². The van der Waals surface area contributed by atoms with E-state index in [1.807, 2.05) is 69.3 Å². The number of unbranched alkanes of at least 4 members (excludes halogenated alkanes) is 1. The van der Waals surface area contributed by atoms with E-state index in [2.05, 4.69) is 18.0 Å². The first-order valence-electron chi connectivity index (χ1n) is 12.0. The quantitative estimate of drug-likeness (QED) is 0.302. The molecular formula is C29H30N4OS. The minimum atomic E-state index is -0.000278. The van der Waals surface area contributed by atoms with Crippen LogP contribution in [0.4, 0.5) is 0 Å². The van der Waals surface area contributed by atoms with Crippen LogP contribution in [0.2, 0.25) is 0 Å². The molecule has 0 unspecified atom stereocenters. The van der Waals surface area contributed by atoms with Crippen molar-refractivity contribution in [2.45, 2.75) is 59.9 Å². The SMILES string of the molecule is CCCCc1nc(C)n(Cc2sc(C)nc2C)c(=O)c1Cc1ccc(-c2ccccc2)c(C#N)c1. The zero-order valence-corrected chi connectivity index (χ0v) is 21.6. The minimum absolute atomic E-state index is 0.000278. The number of nitrogens with zero attached hydrogens (tertiary/aromatic N) is 4. The number of hydrogen-bond acceptors (Lipinski definition) is 5. The van der Waals surface area contributed by atoms with Crippen molar-refractivity contribution in [3.63, 3.8) is 0 Å². The normalized spacial score (nSPS) is 10.9. The lowest BCUT2D eigenvalue weighted by Crippen LogP contribution is -2.30. The van der Waals surface area contributed by atoms with Crippen LogP contribution in [0.5, 0.6) is 0 Å². The molecule has 0 saturated carbocycles. The Hall–Kier alpha value is -3.56. The van der Waals surface area contributed by atoms with Crippen LogP contribution in [0.25, 0.3) is 11.1 Å². The molecule has 0 amide bonds. The first-order chi connectivity index (χ1) is 16.9. The van der Waals surface area contributed by atoms with E-state index in [-0.39, 0.29) is 5.56 Å². The highest BCUT2D eigenvalue weighted by Crippen LogP contribution is 2.25. The Balaban J connectivity index is 1.75. The van der Waals surface area contributed by atoms with Crippen molar-refractivity contribution >= 4 is 11.3 Å². The number of nitriles is 1. The molecule has 4 rings (SSSR count). The van der Waals surface area contributed by atoms with E-state index in [4.69, 9.17) is 4.98 Å². The molecule has 35 heavy (non-hydrogen) atoms. The van der Waals surface area contributed by atoms with Gasteiger partial charge in [-0.1, -0.05) is 55.8 Å². The molecule has 5 nitrogen and oxygen atoms in total. The van der Waals surface area contributed by atoms with Crippen LogP contribution in [0.1, 0.15) is 63.6 Å². The van der Waals surface area contributed by atoms with E-state index >= 15 is 0 Å². The lowest BCUT2D eigenvalue weighted by Gasteiger charge is -2.16. The Labute approximate surface area is 210 Å². The average Bonchev–Trinajstić information content (AvgIpc) is 3.19. The molecule has 4 aromatic rings. The van der Waals surface area contributed by atoms with E-state index in [1.54, 1.807) is 15.9 Å². The molecule has 0 atom stereocenters. The van der Waals surface area contributed by atoms with Gasteiger partial charge in [0.2, 0.25) is 0 Å². The largest absolute Gasteiger partial charge is 0.291 e. The predicted octanol–water partition coefficient (Wildman–Crippen LogP) is 6.15. The van der Waals surface area contributed by atoms with E-state index in [1.165, 1.54) is 0 Å². The number of benzene rings is 2. The fourth-order valence-corrected chi connectivity index (χ4v) is 5.33. The molecule has 2 aromatic carbocycles. The summed E-state index contributed by atoms with van der Waals surface area (Å²) in [4.78, 5) is 24.3. The number of hydrogen-bond donors (Lipinski definition) is 0. The molecule has 0 bridgehead atoms. The Morgan fingerprint density at radius 2 is 1.83 bits per heavy atom. The Morgan fingerprint density at radius 1 is 1.06 bits per heavy atom. The second kappa shape index (κ2) is 10.8. The standard InChI is InChI=1S/C29H30N4OS/c1-5-6-12-27-26(29(34)33(20(3)32-27)18-28-19(2)31-21(4)35-28)16-22-13-14-25(24(15-22)17-30)23-10-8-7-9-11-23/h7-11,13-15H,5-6,12,16,18H2,1-4H3. The predicted molar refractivity (Wildman–Crippen MR) is 142 cm³/mol. The highest BCUT2D eigenvalue weighted by Gasteiger charge is 2.18. The maximum atomic E-state index is 13.8. The molecule has 0 aliphatic heterocycles. The summed E-state index contributed by atoms with van der Waals surface area (Å²) >= 11 is 1.62. The molecule has 178 valence electrons. The smallest absolute Gasteiger partial charge is 0.257 e. The van der Waals surface area contributed by atoms with Gasteiger partial charge in [0.05, 0.1) is 34.6 Å². The van der Waals surface area contributed by atoms with E-state index in [0.717, 1.165) is 68.6 Å². The molecule has 0 fully saturated rings. The molecule has 0 spiro atoms. The number of aromatic nitrogens is 3. The van der Waals surface area contributed by atoms with Gasteiger partial charge in [0, 0.05) is 16.9 Å². The highest BCUT2D eigenvalue weighted by atomic mass is 32.1. The number of thiazole rings is 1. The van der Waals surface area contributed by atoms with Crippen molar-refractivity contribution in [3.8, 4) is 17.2 Å². The third-order valence-electron chi connectivity index (χ3n) is 6.28. The van der Waals surface area contributed by atoms with E-state index < -0.39 is 0 Å². The summed E-state index contributed by atoms with van der Waals surface area (Å²) in [6, 6.07) is 18.2. The zero-order valence-electron chi connectivity index (χ0n) is 20.8. The fraction of sp³-hybridized carbons (Fsp3) is 0.310. The maximum absolute atomic E-state index is 13.8. The van der Waals surface area contributed by atoms with E-state index in [0.29, 0.717) is 18.5 Å². The van der Waals surface area contributed by atoms with Gasteiger partial charge < -0.3 is 0 Å². The molecule has 2 aromatic heterocycles. The van der Waals surface area contributed by atoms with Crippen molar-refractivity contribution in [2.75, 3.05) is 0 Å². The minimum Gasteiger partial charge on any atom is -0.291 e. The Kier molecular flexibility index (Phi) is 7.57. The van der Waals surface area contributed by atoms with Gasteiger partial charge in [-0.15, -0.1) is 11.3 Å². The third-order valence-corrected chi connectivity index (χ3v) is 7.34. The second-order valence-electron chi connectivity index (χ2n) is 8.86. The van der Waals surface area contributed by atoms with Gasteiger partial charge in [-0.25, -0.2) is 9.97 Å². The van der Waals surface area contributed by atoms with Gasteiger partial charge in [0.1, 0.15) is 5.82 Å². The van der Waals surface area contributed by atoms with Crippen LogP contribution < -0.4 is 5.56 Å². The first-order valence-corrected chi connectivity index (χ1v) is 12.8. The molecule has 0 saturated heterocycles. The fourth-order valence-electron chi connectivity index (χ4n) is 4.40. The summed E-state index contributed by atoms with van der Waals surface area (Å²) in [7, 11) is 0. The van der Waals surface area contributed by atoms with Crippen molar-refractivity contribution < 1.29 is 0 Å². The molecule has 0 radical (unpaired) electrons. The first kappa shape index (κ1) is 24.6. The Morgan fingerprint density at radius 3 is 2.49 bits per heavy atom. The topological polar surface area (TPSA) is 71.6 Å². The van der Waals surface area contributed by atoms with Crippen LogP contribution in [-0.2, 0) is 19.4 Å². The molecule has 0 aliphatic rings. The van der Waals surface area contributed by atoms with Crippen LogP contribution in [0.3, 0.4) is 0 Å². The summed E-state index contributed by atoms with van der Waals surface area (Å²) in [6.45, 7) is 8.50. The summed E-state index contributed by atoms with van der Waals surface area (Å²) in [6.07, 6.45) is 3.24. The summed E-state index contributed by atoms with van der Waals surface area (Å²) in [5.74, 6) is 0.729. The third kappa shape index (κ3) is 5.41. The number of aryl methyl sites for hydroxylation is 4. The molecule has 6 heteroatoms. The van der Waals surface area contributed by atoms with Crippen molar-refractivity contribution in [3.05, 3.63) is 103 Å². The van der Waals surface area contributed by atoms with Gasteiger partial charge in [0.25, 0.3) is 5.56 Å². The van der Waals surface area contributed by atoms with Crippen LogP contribution in [-0.4, -0.2) is 14.5 Å². The lowest BCUT2D eigenvalue weighted by atomic mass is 9.95. The van der Waals surface area contributed by atoms with Crippen molar-refractivity contribution in [1.29, 1.82) is 5.26 Å². The maximum Gasteiger partial charge on any atom is 0.257 e. The molecule has 2 heterocycles. The average molecular weight is 483 g/mol. The van der Waals surface area contributed by atoms with Crippen LogP contribution >= 0.6 is 11.3 Å². The summed E-state index contributed by atoms with van der Waals surface area (Å²) in [5, 5.41) is 10.8.